The molecule has 0 spiro atoms. The number of carbonyl (C=O) groups excluding carboxylic acids is 1. The highest BCUT2D eigenvalue weighted by atomic mass is 35.5. The van der Waals surface area contributed by atoms with E-state index in [1.54, 1.807) is 31.4 Å². The maximum Gasteiger partial charge on any atom is 0.244 e. The van der Waals surface area contributed by atoms with Crippen molar-refractivity contribution in [1.82, 2.24) is 5.32 Å². The lowest BCUT2D eigenvalue weighted by molar-refractivity contribution is -0.116. The number of halogens is 2. The summed E-state index contributed by atoms with van der Waals surface area (Å²) in [6.07, 6.45) is 3.08. The molecule has 1 N–H and O–H groups in total. The second kappa shape index (κ2) is 7.33. The van der Waals surface area contributed by atoms with Crippen LogP contribution in [0.4, 0.5) is 0 Å². The maximum atomic E-state index is 11.3. The molecule has 5 heteroatoms. The summed E-state index contributed by atoms with van der Waals surface area (Å²) in [7, 11) is 1.58. The molecule has 1 amide bonds. The van der Waals surface area contributed by atoms with Gasteiger partial charge in [0.15, 0.2) is 0 Å². The zero-order chi connectivity index (χ0) is 12.7. The van der Waals surface area contributed by atoms with Crippen molar-refractivity contribution in [1.29, 1.82) is 0 Å². The molecular formula is C12H13Cl2NO2. The monoisotopic (exact) mass is 273 g/mol. The smallest absolute Gasteiger partial charge is 0.244 e. The second-order valence-corrected chi connectivity index (χ2v) is 4.19. The Morgan fingerprint density at radius 2 is 2.00 bits per heavy atom. The molecule has 3 nitrogen and oxygen atoms in total. The number of hydrogen-bond donors (Lipinski definition) is 1. The van der Waals surface area contributed by atoms with Crippen molar-refractivity contribution >= 4 is 35.2 Å². The van der Waals surface area contributed by atoms with E-state index in [1.807, 2.05) is 0 Å². The van der Waals surface area contributed by atoms with Gasteiger partial charge in [0.05, 0.1) is 6.61 Å². The van der Waals surface area contributed by atoms with Gasteiger partial charge in [0.1, 0.15) is 0 Å². The normalized spacial score (nSPS) is 10.8. The van der Waals surface area contributed by atoms with E-state index in [0.29, 0.717) is 23.2 Å². The van der Waals surface area contributed by atoms with E-state index in [0.717, 1.165) is 5.56 Å². The molecule has 0 aliphatic carbocycles. The number of ether oxygens (including phenoxy) is 1. The highest BCUT2D eigenvalue weighted by Crippen LogP contribution is 2.19. The first-order chi connectivity index (χ1) is 8.11. The molecule has 0 fully saturated rings. The van der Waals surface area contributed by atoms with E-state index >= 15 is 0 Å². The van der Waals surface area contributed by atoms with Crippen molar-refractivity contribution in [2.24, 2.45) is 0 Å². The van der Waals surface area contributed by atoms with Crippen LogP contribution in [0.5, 0.6) is 0 Å². The van der Waals surface area contributed by atoms with Crippen molar-refractivity contribution in [3.05, 3.63) is 39.9 Å². The van der Waals surface area contributed by atoms with Crippen LogP contribution in [0, 0.1) is 0 Å². The molecule has 0 unspecified atom stereocenters. The number of rotatable bonds is 5. The van der Waals surface area contributed by atoms with Crippen LogP contribution in [0.2, 0.25) is 10.0 Å². The Kier molecular flexibility index (Phi) is 6.05. The summed E-state index contributed by atoms with van der Waals surface area (Å²) in [5.74, 6) is -0.182. The summed E-state index contributed by atoms with van der Waals surface area (Å²) in [4.78, 5) is 11.3. The molecule has 0 bridgehead atoms. The quantitative estimate of drug-likeness (QED) is 0.662. The van der Waals surface area contributed by atoms with Crippen molar-refractivity contribution in [3.63, 3.8) is 0 Å². The van der Waals surface area contributed by atoms with Gasteiger partial charge in [-0.25, -0.2) is 0 Å². The highest BCUT2D eigenvalue weighted by Gasteiger charge is 1.97. The lowest BCUT2D eigenvalue weighted by atomic mass is 10.2. The lowest BCUT2D eigenvalue weighted by Gasteiger charge is -2.00. The molecule has 1 aromatic rings. The Labute approximate surface area is 110 Å². The molecule has 0 saturated carbocycles. The number of benzene rings is 1. The Balaban J connectivity index is 2.54. The first-order valence-electron chi connectivity index (χ1n) is 5.03. The van der Waals surface area contributed by atoms with Crippen LogP contribution in [0.1, 0.15) is 5.56 Å². The molecule has 0 aliphatic heterocycles. The fourth-order valence-corrected chi connectivity index (χ4v) is 1.72. The summed E-state index contributed by atoms with van der Waals surface area (Å²) in [6.45, 7) is 0.971. The molecule has 0 aromatic heterocycles. The van der Waals surface area contributed by atoms with Crippen LogP contribution < -0.4 is 5.32 Å². The van der Waals surface area contributed by atoms with Gasteiger partial charge in [0.25, 0.3) is 0 Å². The average molecular weight is 274 g/mol. The Morgan fingerprint density at radius 1 is 1.35 bits per heavy atom. The third-order valence-corrected chi connectivity index (χ3v) is 2.35. The fraction of sp³-hybridized carbons (Fsp3) is 0.250. The van der Waals surface area contributed by atoms with Crippen molar-refractivity contribution in [2.45, 2.75) is 0 Å². The summed E-state index contributed by atoms with van der Waals surface area (Å²) >= 11 is 11.7. The van der Waals surface area contributed by atoms with Gasteiger partial charge in [-0.05, 0) is 29.8 Å². The Bertz CT molecular complexity index is 399. The predicted octanol–water partition coefficient (Wildman–Crippen LogP) is 2.77. The summed E-state index contributed by atoms with van der Waals surface area (Å²) < 4.78 is 4.81. The average Bonchev–Trinajstić information content (AvgIpc) is 2.25. The van der Waals surface area contributed by atoms with Crippen LogP contribution in [-0.2, 0) is 9.53 Å². The van der Waals surface area contributed by atoms with Gasteiger partial charge < -0.3 is 10.1 Å². The maximum absolute atomic E-state index is 11.3. The number of amides is 1. The van der Waals surface area contributed by atoms with Crippen LogP contribution in [0.3, 0.4) is 0 Å². The molecular weight excluding hydrogens is 261 g/mol. The van der Waals surface area contributed by atoms with E-state index in [1.165, 1.54) is 6.08 Å². The lowest BCUT2D eigenvalue weighted by Crippen LogP contribution is -2.24. The minimum absolute atomic E-state index is 0.182. The number of carbonyl (C=O) groups is 1. The molecule has 0 radical (unpaired) electrons. The highest BCUT2D eigenvalue weighted by molar-refractivity contribution is 6.34. The largest absolute Gasteiger partial charge is 0.383 e. The fourth-order valence-electron chi connectivity index (χ4n) is 1.18. The van der Waals surface area contributed by atoms with Gasteiger partial charge in [0.2, 0.25) is 5.91 Å². The molecule has 0 aliphatic rings. The molecule has 17 heavy (non-hydrogen) atoms. The van der Waals surface area contributed by atoms with E-state index < -0.39 is 0 Å². The predicted molar refractivity (Wildman–Crippen MR) is 70.4 cm³/mol. The molecule has 92 valence electrons. The zero-order valence-corrected chi connectivity index (χ0v) is 10.9. The SMILES string of the molecule is COCCNC(=O)/C=C/c1cc(Cl)cc(Cl)c1. The van der Waals surface area contributed by atoms with Gasteiger partial charge in [0, 0.05) is 29.8 Å². The van der Waals surface area contributed by atoms with Gasteiger partial charge in [-0.3, -0.25) is 4.79 Å². The third-order valence-electron chi connectivity index (χ3n) is 1.92. The van der Waals surface area contributed by atoms with Gasteiger partial charge in [-0.15, -0.1) is 0 Å². The Morgan fingerprint density at radius 3 is 2.59 bits per heavy atom. The van der Waals surface area contributed by atoms with E-state index in [-0.39, 0.29) is 5.91 Å². The first kappa shape index (κ1) is 14.0. The minimum Gasteiger partial charge on any atom is -0.383 e. The molecule has 0 atom stereocenters. The van der Waals surface area contributed by atoms with Crippen LogP contribution in [0.25, 0.3) is 6.08 Å². The van der Waals surface area contributed by atoms with Crippen LogP contribution in [-0.4, -0.2) is 26.2 Å². The number of nitrogens with one attached hydrogen (secondary N) is 1. The first-order valence-corrected chi connectivity index (χ1v) is 5.78. The van der Waals surface area contributed by atoms with E-state index in [2.05, 4.69) is 5.32 Å². The van der Waals surface area contributed by atoms with Gasteiger partial charge in [-0.2, -0.15) is 0 Å². The second-order valence-electron chi connectivity index (χ2n) is 3.32. The van der Waals surface area contributed by atoms with Crippen molar-refractivity contribution in [2.75, 3.05) is 20.3 Å². The molecule has 1 aromatic carbocycles. The minimum atomic E-state index is -0.182. The summed E-state index contributed by atoms with van der Waals surface area (Å²) in [6, 6.07) is 5.10. The standard InChI is InChI=1S/C12H13Cl2NO2/c1-17-5-4-15-12(16)3-2-9-6-10(13)8-11(14)7-9/h2-3,6-8H,4-5H2,1H3,(H,15,16)/b3-2+. The topological polar surface area (TPSA) is 38.3 Å². The van der Waals surface area contributed by atoms with Gasteiger partial charge in [-0.1, -0.05) is 23.2 Å². The van der Waals surface area contributed by atoms with Crippen molar-refractivity contribution < 1.29 is 9.53 Å². The molecule has 1 rings (SSSR count). The summed E-state index contributed by atoms with van der Waals surface area (Å²) in [5, 5.41) is 3.74. The summed E-state index contributed by atoms with van der Waals surface area (Å²) in [5.41, 5.74) is 0.782. The Hall–Kier alpha value is -1.03. The van der Waals surface area contributed by atoms with Gasteiger partial charge >= 0.3 is 0 Å². The number of methoxy groups -OCH3 is 1. The van der Waals surface area contributed by atoms with E-state index in [4.69, 9.17) is 27.9 Å². The third kappa shape index (κ3) is 5.73. The molecule has 0 heterocycles. The number of hydrogen-bond acceptors (Lipinski definition) is 2. The molecule has 0 saturated heterocycles. The van der Waals surface area contributed by atoms with E-state index in [9.17, 15) is 4.79 Å². The van der Waals surface area contributed by atoms with Crippen LogP contribution >= 0.6 is 23.2 Å². The zero-order valence-electron chi connectivity index (χ0n) is 9.37. The van der Waals surface area contributed by atoms with Crippen molar-refractivity contribution in [3.8, 4) is 0 Å². The van der Waals surface area contributed by atoms with Crippen LogP contribution in [0.15, 0.2) is 24.3 Å².